The first-order valence-corrected chi connectivity index (χ1v) is 6.42. The molecule has 2 rings (SSSR count). The van der Waals surface area contributed by atoms with Crippen molar-refractivity contribution in [2.24, 2.45) is 0 Å². The third-order valence-electron chi connectivity index (χ3n) is 3.74. The lowest BCUT2D eigenvalue weighted by Gasteiger charge is -2.37. The van der Waals surface area contributed by atoms with Gasteiger partial charge < -0.3 is 15.5 Å². The van der Waals surface area contributed by atoms with Gasteiger partial charge >= 0.3 is 0 Å². The van der Waals surface area contributed by atoms with Crippen LogP contribution in [0, 0.1) is 0 Å². The molecule has 0 amide bonds. The second-order valence-corrected chi connectivity index (χ2v) is 5.12. The number of rotatable bonds is 3. The standard InChI is InChI=1S/C14H23N3/c1-12-11-17(10-9-16(12)2)8-7-13-3-5-14(15)6-4-13/h3-6,12H,7-11,15H2,1-2H3/t12-/m0/s1. The van der Waals surface area contributed by atoms with E-state index in [0.29, 0.717) is 6.04 Å². The summed E-state index contributed by atoms with van der Waals surface area (Å²) in [6.07, 6.45) is 1.12. The molecule has 0 radical (unpaired) electrons. The van der Waals surface area contributed by atoms with Gasteiger partial charge in [-0.25, -0.2) is 0 Å². The Balaban J connectivity index is 1.80. The van der Waals surface area contributed by atoms with Crippen molar-refractivity contribution in [3.8, 4) is 0 Å². The van der Waals surface area contributed by atoms with Crippen LogP contribution in [0.4, 0.5) is 5.69 Å². The van der Waals surface area contributed by atoms with E-state index in [1.807, 2.05) is 12.1 Å². The summed E-state index contributed by atoms with van der Waals surface area (Å²) >= 11 is 0. The third kappa shape index (κ3) is 3.45. The molecule has 0 saturated carbocycles. The van der Waals surface area contributed by atoms with Gasteiger partial charge in [0.05, 0.1) is 0 Å². The Morgan fingerprint density at radius 3 is 2.59 bits per heavy atom. The predicted octanol–water partition coefficient (Wildman–Crippen LogP) is 1.45. The molecule has 94 valence electrons. The highest BCUT2D eigenvalue weighted by molar-refractivity contribution is 5.39. The van der Waals surface area contributed by atoms with Gasteiger partial charge in [-0.3, -0.25) is 0 Å². The number of anilines is 1. The SMILES string of the molecule is C[C@H]1CN(CCc2ccc(N)cc2)CCN1C. The summed E-state index contributed by atoms with van der Waals surface area (Å²) < 4.78 is 0. The summed E-state index contributed by atoms with van der Waals surface area (Å²) in [5, 5.41) is 0. The molecule has 0 bridgehead atoms. The van der Waals surface area contributed by atoms with E-state index in [1.165, 1.54) is 25.2 Å². The maximum Gasteiger partial charge on any atom is 0.0314 e. The number of nitrogens with two attached hydrogens (primary N) is 1. The molecule has 1 aromatic rings. The molecule has 0 aliphatic carbocycles. The second kappa shape index (κ2) is 5.52. The second-order valence-electron chi connectivity index (χ2n) is 5.12. The van der Waals surface area contributed by atoms with Crippen molar-refractivity contribution in [2.75, 3.05) is 39.0 Å². The zero-order valence-corrected chi connectivity index (χ0v) is 10.9. The predicted molar refractivity (Wildman–Crippen MR) is 73.1 cm³/mol. The molecule has 0 spiro atoms. The summed E-state index contributed by atoms with van der Waals surface area (Å²) in [7, 11) is 2.21. The number of piperazine rings is 1. The molecule has 2 N–H and O–H groups in total. The van der Waals surface area contributed by atoms with E-state index in [4.69, 9.17) is 5.73 Å². The van der Waals surface area contributed by atoms with Gasteiger partial charge in [0, 0.05) is 37.9 Å². The lowest BCUT2D eigenvalue weighted by atomic mass is 10.1. The Morgan fingerprint density at radius 2 is 1.94 bits per heavy atom. The molecule has 3 nitrogen and oxygen atoms in total. The Morgan fingerprint density at radius 1 is 1.24 bits per heavy atom. The van der Waals surface area contributed by atoms with Crippen molar-refractivity contribution in [1.82, 2.24) is 9.80 Å². The van der Waals surface area contributed by atoms with Gasteiger partial charge in [-0.15, -0.1) is 0 Å². The number of hydrogen-bond donors (Lipinski definition) is 1. The van der Waals surface area contributed by atoms with E-state index in [0.717, 1.165) is 18.7 Å². The van der Waals surface area contributed by atoms with Crippen LogP contribution in [0.25, 0.3) is 0 Å². The van der Waals surface area contributed by atoms with Crippen molar-refractivity contribution in [2.45, 2.75) is 19.4 Å². The Labute approximate surface area is 104 Å². The molecule has 0 unspecified atom stereocenters. The van der Waals surface area contributed by atoms with Crippen molar-refractivity contribution in [3.63, 3.8) is 0 Å². The minimum Gasteiger partial charge on any atom is -0.399 e. The van der Waals surface area contributed by atoms with Crippen LogP contribution in [0.5, 0.6) is 0 Å². The number of likely N-dealkylation sites (N-methyl/N-ethyl adjacent to an activating group) is 1. The molecule has 17 heavy (non-hydrogen) atoms. The topological polar surface area (TPSA) is 32.5 Å². The molecule has 1 heterocycles. The number of benzene rings is 1. The van der Waals surface area contributed by atoms with Gasteiger partial charge in [0.2, 0.25) is 0 Å². The fourth-order valence-corrected chi connectivity index (χ4v) is 2.30. The maximum absolute atomic E-state index is 5.68. The number of nitrogens with zero attached hydrogens (tertiary/aromatic N) is 2. The van der Waals surface area contributed by atoms with Gasteiger partial charge in [0.25, 0.3) is 0 Å². The van der Waals surface area contributed by atoms with Crippen LogP contribution in [-0.2, 0) is 6.42 Å². The highest BCUT2D eigenvalue weighted by Crippen LogP contribution is 2.10. The van der Waals surface area contributed by atoms with E-state index in [2.05, 4.69) is 35.9 Å². The van der Waals surface area contributed by atoms with Crippen LogP contribution in [0.1, 0.15) is 12.5 Å². The van der Waals surface area contributed by atoms with Crippen molar-refractivity contribution in [1.29, 1.82) is 0 Å². The monoisotopic (exact) mass is 233 g/mol. The lowest BCUT2D eigenvalue weighted by Crippen LogP contribution is -2.50. The normalized spacial score (nSPS) is 22.8. The molecule has 1 saturated heterocycles. The van der Waals surface area contributed by atoms with Crippen LogP contribution < -0.4 is 5.73 Å². The Bertz CT molecular complexity index is 347. The summed E-state index contributed by atoms with van der Waals surface area (Å²) in [6.45, 7) is 7.02. The van der Waals surface area contributed by atoms with Gasteiger partial charge in [0.15, 0.2) is 0 Å². The molecule has 0 aromatic heterocycles. The van der Waals surface area contributed by atoms with E-state index in [9.17, 15) is 0 Å². The summed E-state index contributed by atoms with van der Waals surface area (Å²) in [6, 6.07) is 8.92. The van der Waals surface area contributed by atoms with E-state index in [-0.39, 0.29) is 0 Å². The van der Waals surface area contributed by atoms with E-state index in [1.54, 1.807) is 0 Å². The minimum atomic E-state index is 0.676. The van der Waals surface area contributed by atoms with Crippen LogP contribution >= 0.6 is 0 Å². The van der Waals surface area contributed by atoms with E-state index < -0.39 is 0 Å². The molecule has 1 aliphatic heterocycles. The first kappa shape index (κ1) is 12.4. The van der Waals surface area contributed by atoms with Crippen LogP contribution in [0.15, 0.2) is 24.3 Å². The molecular weight excluding hydrogens is 210 g/mol. The number of nitrogen functional groups attached to an aromatic ring is 1. The molecule has 1 aromatic carbocycles. The summed E-state index contributed by atoms with van der Waals surface area (Å²) in [4.78, 5) is 4.99. The fraction of sp³-hybridized carbons (Fsp3) is 0.571. The Kier molecular flexibility index (Phi) is 4.02. The quantitative estimate of drug-likeness (QED) is 0.802. The smallest absolute Gasteiger partial charge is 0.0314 e. The number of hydrogen-bond acceptors (Lipinski definition) is 3. The minimum absolute atomic E-state index is 0.676. The highest BCUT2D eigenvalue weighted by atomic mass is 15.3. The van der Waals surface area contributed by atoms with Crippen molar-refractivity contribution < 1.29 is 0 Å². The molecule has 1 aliphatic rings. The largest absolute Gasteiger partial charge is 0.399 e. The first-order valence-electron chi connectivity index (χ1n) is 6.42. The summed E-state index contributed by atoms with van der Waals surface area (Å²) in [5.41, 5.74) is 7.91. The maximum atomic E-state index is 5.68. The molecule has 1 atom stereocenters. The van der Waals surface area contributed by atoms with Gasteiger partial charge in [-0.05, 0) is 38.1 Å². The van der Waals surface area contributed by atoms with Gasteiger partial charge in [0.1, 0.15) is 0 Å². The molecule has 3 heteroatoms. The van der Waals surface area contributed by atoms with E-state index >= 15 is 0 Å². The van der Waals surface area contributed by atoms with Crippen molar-refractivity contribution >= 4 is 5.69 Å². The highest BCUT2D eigenvalue weighted by Gasteiger charge is 2.19. The zero-order valence-electron chi connectivity index (χ0n) is 10.9. The Hall–Kier alpha value is -1.06. The lowest BCUT2D eigenvalue weighted by molar-refractivity contribution is 0.106. The average molecular weight is 233 g/mol. The van der Waals surface area contributed by atoms with Crippen molar-refractivity contribution in [3.05, 3.63) is 29.8 Å². The summed E-state index contributed by atoms with van der Waals surface area (Å²) in [5.74, 6) is 0. The molecular formula is C14H23N3. The average Bonchev–Trinajstić information content (AvgIpc) is 2.33. The van der Waals surface area contributed by atoms with Gasteiger partial charge in [-0.2, -0.15) is 0 Å². The first-order chi connectivity index (χ1) is 8.15. The van der Waals surface area contributed by atoms with Crippen LogP contribution in [-0.4, -0.2) is 49.1 Å². The van der Waals surface area contributed by atoms with Crippen LogP contribution in [0.3, 0.4) is 0 Å². The molecule has 1 fully saturated rings. The van der Waals surface area contributed by atoms with Gasteiger partial charge in [-0.1, -0.05) is 12.1 Å². The van der Waals surface area contributed by atoms with Crippen LogP contribution in [0.2, 0.25) is 0 Å². The third-order valence-corrected chi connectivity index (χ3v) is 3.74. The fourth-order valence-electron chi connectivity index (χ4n) is 2.30. The zero-order chi connectivity index (χ0) is 12.3.